The molecule has 19 heavy (non-hydrogen) atoms. The first kappa shape index (κ1) is 12.1. The van der Waals surface area contributed by atoms with Gasteiger partial charge in [0.15, 0.2) is 0 Å². The molecular weight excluding hydrogens is 310 g/mol. The average molecular weight is 320 g/mol. The van der Waals surface area contributed by atoms with Gasteiger partial charge < -0.3 is 14.8 Å². The summed E-state index contributed by atoms with van der Waals surface area (Å²) in [4.78, 5) is 8.21. The topological polar surface area (TPSA) is 82.8 Å². The fraction of sp³-hybridized carbons (Fsp3) is 0.0833. The summed E-state index contributed by atoms with van der Waals surface area (Å²) in [6.07, 6.45) is 5.34. The second kappa shape index (κ2) is 4.94. The van der Waals surface area contributed by atoms with Gasteiger partial charge in [-0.25, -0.2) is 4.98 Å². The lowest BCUT2D eigenvalue weighted by atomic mass is 10.2. The molecule has 2 heterocycles. The van der Waals surface area contributed by atoms with E-state index in [0.717, 1.165) is 15.7 Å². The van der Waals surface area contributed by atoms with Crippen LogP contribution in [0.2, 0.25) is 0 Å². The summed E-state index contributed by atoms with van der Waals surface area (Å²) in [7, 11) is 0. The van der Waals surface area contributed by atoms with Crippen LogP contribution in [0.4, 0.5) is 0 Å². The normalized spacial score (nSPS) is 10.8. The van der Waals surface area contributed by atoms with Gasteiger partial charge in [0.05, 0.1) is 18.6 Å². The van der Waals surface area contributed by atoms with Gasteiger partial charge in [0.2, 0.25) is 11.7 Å². The second-order valence-electron chi connectivity index (χ2n) is 3.85. The predicted molar refractivity (Wildman–Crippen MR) is 72.4 cm³/mol. The predicted octanol–water partition coefficient (Wildman–Crippen LogP) is 2.14. The monoisotopic (exact) mass is 319 g/mol. The van der Waals surface area contributed by atoms with Crippen molar-refractivity contribution in [1.29, 1.82) is 0 Å². The molecular formula is C12H10BrN5O. The molecule has 0 spiro atoms. The highest BCUT2D eigenvalue weighted by Gasteiger charge is 2.10. The van der Waals surface area contributed by atoms with Crippen LogP contribution in [0.25, 0.3) is 17.1 Å². The third-order valence-electron chi connectivity index (χ3n) is 2.63. The Morgan fingerprint density at radius 3 is 2.89 bits per heavy atom. The lowest BCUT2D eigenvalue weighted by Gasteiger charge is -2.06. The van der Waals surface area contributed by atoms with E-state index in [0.29, 0.717) is 11.7 Å². The molecule has 2 aromatic heterocycles. The number of benzene rings is 1. The Labute approximate surface area is 117 Å². The van der Waals surface area contributed by atoms with Crippen LogP contribution in [0.1, 0.15) is 5.89 Å². The van der Waals surface area contributed by atoms with E-state index in [1.165, 1.54) is 0 Å². The molecule has 96 valence electrons. The van der Waals surface area contributed by atoms with Crippen molar-refractivity contribution in [3.8, 4) is 17.1 Å². The van der Waals surface area contributed by atoms with Gasteiger partial charge in [-0.3, -0.25) is 0 Å². The number of rotatable bonds is 3. The lowest BCUT2D eigenvalue weighted by Crippen LogP contribution is -1.96. The largest absolute Gasteiger partial charge is 0.338 e. The molecule has 1 aromatic carbocycles. The quantitative estimate of drug-likeness (QED) is 0.799. The Bertz CT molecular complexity index is 692. The zero-order valence-electron chi connectivity index (χ0n) is 9.82. The minimum absolute atomic E-state index is 0.237. The van der Waals surface area contributed by atoms with Crippen molar-refractivity contribution < 1.29 is 4.52 Å². The molecule has 0 unspecified atom stereocenters. The first-order valence-corrected chi connectivity index (χ1v) is 6.38. The molecule has 0 bridgehead atoms. The summed E-state index contributed by atoms with van der Waals surface area (Å²) in [5, 5.41) is 3.88. The highest BCUT2D eigenvalue weighted by molar-refractivity contribution is 9.10. The van der Waals surface area contributed by atoms with E-state index in [9.17, 15) is 0 Å². The Kier molecular flexibility index (Phi) is 3.14. The van der Waals surface area contributed by atoms with Gasteiger partial charge in [-0.15, -0.1) is 0 Å². The molecule has 0 amide bonds. The number of aromatic nitrogens is 4. The van der Waals surface area contributed by atoms with Crippen molar-refractivity contribution in [3.05, 3.63) is 47.3 Å². The fourth-order valence-electron chi connectivity index (χ4n) is 1.71. The minimum atomic E-state index is 0.237. The third-order valence-corrected chi connectivity index (χ3v) is 3.27. The van der Waals surface area contributed by atoms with Crippen LogP contribution < -0.4 is 5.73 Å². The van der Waals surface area contributed by atoms with Crippen LogP contribution in [0, 0.1) is 0 Å². The van der Waals surface area contributed by atoms with Crippen molar-refractivity contribution in [3.63, 3.8) is 0 Å². The summed E-state index contributed by atoms with van der Waals surface area (Å²) in [6.45, 7) is 0.237. The molecule has 2 N–H and O–H groups in total. The molecule has 0 saturated heterocycles. The van der Waals surface area contributed by atoms with Gasteiger partial charge in [-0.1, -0.05) is 5.16 Å². The Morgan fingerprint density at radius 2 is 2.26 bits per heavy atom. The van der Waals surface area contributed by atoms with Crippen molar-refractivity contribution in [1.82, 2.24) is 19.7 Å². The molecule has 0 atom stereocenters. The van der Waals surface area contributed by atoms with Crippen LogP contribution in [0.3, 0.4) is 0 Å². The van der Waals surface area contributed by atoms with Gasteiger partial charge in [0.1, 0.15) is 0 Å². The van der Waals surface area contributed by atoms with E-state index >= 15 is 0 Å². The number of hydrogen-bond donors (Lipinski definition) is 1. The van der Waals surface area contributed by atoms with Crippen LogP contribution in [-0.4, -0.2) is 19.7 Å². The van der Waals surface area contributed by atoms with Crippen LogP contribution in [0.15, 0.2) is 45.9 Å². The molecule has 0 fully saturated rings. The third kappa shape index (κ3) is 2.29. The van der Waals surface area contributed by atoms with E-state index in [1.807, 2.05) is 29.0 Å². The highest BCUT2D eigenvalue weighted by Crippen LogP contribution is 2.26. The average Bonchev–Trinajstić information content (AvgIpc) is 3.10. The van der Waals surface area contributed by atoms with Gasteiger partial charge in [-0.2, -0.15) is 4.98 Å². The molecule has 0 aliphatic carbocycles. The molecule has 0 aliphatic heterocycles. The van der Waals surface area contributed by atoms with Gasteiger partial charge in [0, 0.05) is 22.4 Å². The first-order chi connectivity index (χ1) is 9.28. The zero-order chi connectivity index (χ0) is 13.2. The number of hydrogen-bond acceptors (Lipinski definition) is 5. The molecule has 3 rings (SSSR count). The maximum absolute atomic E-state index is 5.44. The highest BCUT2D eigenvalue weighted by atomic mass is 79.9. The number of imidazole rings is 1. The molecule has 3 aromatic rings. The Hall–Kier alpha value is -1.99. The van der Waals surface area contributed by atoms with Crippen LogP contribution in [-0.2, 0) is 6.54 Å². The maximum Gasteiger partial charge on any atom is 0.240 e. The summed E-state index contributed by atoms with van der Waals surface area (Å²) in [5.74, 6) is 0.947. The maximum atomic E-state index is 5.44. The molecule has 7 heteroatoms. The van der Waals surface area contributed by atoms with E-state index in [1.54, 1.807) is 12.5 Å². The standard InChI is InChI=1S/C12H10BrN5O/c13-9-5-8(12-16-11(6-14)19-17-12)1-2-10(9)18-4-3-15-7-18/h1-5,7H,6,14H2. The van der Waals surface area contributed by atoms with Gasteiger partial charge in [-0.05, 0) is 34.1 Å². The molecule has 0 aliphatic rings. The van der Waals surface area contributed by atoms with E-state index in [2.05, 4.69) is 31.1 Å². The van der Waals surface area contributed by atoms with Gasteiger partial charge in [0.25, 0.3) is 0 Å². The summed E-state index contributed by atoms with van der Waals surface area (Å²) in [6, 6.07) is 5.81. The molecule has 6 nitrogen and oxygen atoms in total. The van der Waals surface area contributed by atoms with E-state index in [-0.39, 0.29) is 6.54 Å². The van der Waals surface area contributed by atoms with Crippen molar-refractivity contribution >= 4 is 15.9 Å². The molecule has 0 saturated carbocycles. The van der Waals surface area contributed by atoms with Crippen molar-refractivity contribution in [2.24, 2.45) is 5.73 Å². The summed E-state index contributed by atoms with van der Waals surface area (Å²) in [5.41, 5.74) is 7.29. The SMILES string of the molecule is NCc1nc(-c2ccc(-n3ccnc3)c(Br)c2)no1. The van der Waals surface area contributed by atoms with Crippen LogP contribution in [0.5, 0.6) is 0 Å². The summed E-state index contributed by atoms with van der Waals surface area (Å²) >= 11 is 3.53. The van der Waals surface area contributed by atoms with E-state index < -0.39 is 0 Å². The first-order valence-electron chi connectivity index (χ1n) is 5.59. The van der Waals surface area contributed by atoms with Crippen LogP contribution >= 0.6 is 15.9 Å². The van der Waals surface area contributed by atoms with Crippen molar-refractivity contribution in [2.45, 2.75) is 6.54 Å². The Morgan fingerprint density at radius 1 is 1.37 bits per heavy atom. The Balaban J connectivity index is 1.99. The number of nitrogens with two attached hydrogens (primary N) is 1. The van der Waals surface area contributed by atoms with E-state index in [4.69, 9.17) is 10.3 Å². The molecule has 0 radical (unpaired) electrons. The lowest BCUT2D eigenvalue weighted by molar-refractivity contribution is 0.380. The zero-order valence-corrected chi connectivity index (χ0v) is 11.4. The van der Waals surface area contributed by atoms with Gasteiger partial charge >= 0.3 is 0 Å². The number of nitrogens with zero attached hydrogens (tertiary/aromatic N) is 4. The summed E-state index contributed by atoms with van der Waals surface area (Å²) < 4.78 is 7.82. The fourth-order valence-corrected chi connectivity index (χ4v) is 2.30. The second-order valence-corrected chi connectivity index (χ2v) is 4.71. The van der Waals surface area contributed by atoms with Crippen molar-refractivity contribution in [2.75, 3.05) is 0 Å². The minimum Gasteiger partial charge on any atom is -0.338 e. The smallest absolute Gasteiger partial charge is 0.240 e. The number of halogens is 1.